The molecule has 25 heavy (non-hydrogen) atoms. The predicted molar refractivity (Wildman–Crippen MR) is 97.5 cm³/mol. The number of ether oxygens (including phenoxy) is 2. The Morgan fingerprint density at radius 1 is 1.12 bits per heavy atom. The smallest absolute Gasteiger partial charge is 0.125 e. The van der Waals surface area contributed by atoms with Gasteiger partial charge in [-0.2, -0.15) is 0 Å². The molecule has 0 bridgehead atoms. The number of halogens is 1. The maximum atomic E-state index is 13.2. The molecule has 4 nitrogen and oxygen atoms in total. The van der Waals surface area contributed by atoms with Crippen LogP contribution in [0.4, 0.5) is 4.39 Å². The van der Waals surface area contributed by atoms with Gasteiger partial charge in [0.05, 0.1) is 6.61 Å². The number of nitrogens with one attached hydrogen (secondary N) is 2. The predicted octanol–water partition coefficient (Wildman–Crippen LogP) is 3.66. The van der Waals surface area contributed by atoms with Crippen LogP contribution in [0.5, 0.6) is 5.75 Å². The van der Waals surface area contributed by atoms with E-state index in [9.17, 15) is 4.39 Å². The summed E-state index contributed by atoms with van der Waals surface area (Å²) >= 11 is 0. The standard InChI is InChI=1S/C20H23FN2O2/c1-24-9-10-25-18-4-2-3-15(11-18)13-22-8-7-16-14-23-20-12-17(21)5-6-19(16)20/h2-6,11-12,14,22-23H,7-10,13H2,1H3. The molecule has 5 heteroatoms. The van der Waals surface area contributed by atoms with Gasteiger partial charge in [-0.25, -0.2) is 4.39 Å². The van der Waals surface area contributed by atoms with Gasteiger partial charge in [0.2, 0.25) is 0 Å². The molecule has 0 saturated carbocycles. The number of rotatable bonds is 9. The fraction of sp³-hybridized carbons (Fsp3) is 0.300. The van der Waals surface area contributed by atoms with Crippen molar-refractivity contribution >= 4 is 10.9 Å². The van der Waals surface area contributed by atoms with Crippen LogP contribution in [0.3, 0.4) is 0 Å². The molecule has 1 heterocycles. The van der Waals surface area contributed by atoms with Crippen LogP contribution in [0.1, 0.15) is 11.1 Å². The van der Waals surface area contributed by atoms with E-state index in [4.69, 9.17) is 9.47 Å². The first-order valence-electron chi connectivity index (χ1n) is 8.43. The maximum absolute atomic E-state index is 13.2. The van der Waals surface area contributed by atoms with Gasteiger partial charge >= 0.3 is 0 Å². The van der Waals surface area contributed by atoms with Crippen molar-refractivity contribution in [2.45, 2.75) is 13.0 Å². The normalized spacial score (nSPS) is 11.1. The molecule has 0 atom stereocenters. The topological polar surface area (TPSA) is 46.3 Å². The number of methoxy groups -OCH3 is 1. The second-order valence-corrected chi connectivity index (χ2v) is 5.92. The Balaban J connectivity index is 1.48. The van der Waals surface area contributed by atoms with Gasteiger partial charge in [-0.05, 0) is 54.4 Å². The lowest BCUT2D eigenvalue weighted by molar-refractivity contribution is 0.146. The van der Waals surface area contributed by atoms with Crippen LogP contribution in [-0.2, 0) is 17.7 Å². The van der Waals surface area contributed by atoms with Crippen LogP contribution in [0.15, 0.2) is 48.7 Å². The molecule has 132 valence electrons. The zero-order valence-electron chi connectivity index (χ0n) is 14.3. The highest BCUT2D eigenvalue weighted by atomic mass is 19.1. The van der Waals surface area contributed by atoms with Crippen molar-refractivity contribution in [1.82, 2.24) is 10.3 Å². The van der Waals surface area contributed by atoms with E-state index in [0.29, 0.717) is 13.2 Å². The Morgan fingerprint density at radius 3 is 2.92 bits per heavy atom. The summed E-state index contributed by atoms with van der Waals surface area (Å²) in [5.74, 6) is 0.640. The van der Waals surface area contributed by atoms with Crippen molar-refractivity contribution < 1.29 is 13.9 Å². The van der Waals surface area contributed by atoms with Crippen molar-refractivity contribution in [1.29, 1.82) is 0 Å². The number of hydrogen-bond donors (Lipinski definition) is 2. The molecule has 0 spiro atoms. The van der Waals surface area contributed by atoms with E-state index in [2.05, 4.69) is 16.4 Å². The molecule has 3 aromatic rings. The summed E-state index contributed by atoms with van der Waals surface area (Å²) < 4.78 is 23.8. The van der Waals surface area contributed by atoms with Crippen molar-refractivity contribution in [3.05, 3.63) is 65.6 Å². The molecule has 0 unspecified atom stereocenters. The van der Waals surface area contributed by atoms with Crippen LogP contribution in [0.2, 0.25) is 0 Å². The molecule has 2 aromatic carbocycles. The summed E-state index contributed by atoms with van der Waals surface area (Å²) in [6.07, 6.45) is 2.84. The third kappa shape index (κ3) is 4.81. The van der Waals surface area contributed by atoms with Gasteiger partial charge in [-0.15, -0.1) is 0 Å². The van der Waals surface area contributed by atoms with Crippen molar-refractivity contribution in [3.63, 3.8) is 0 Å². The maximum Gasteiger partial charge on any atom is 0.125 e. The molecule has 2 N–H and O–H groups in total. The van der Waals surface area contributed by atoms with Crippen LogP contribution >= 0.6 is 0 Å². The number of fused-ring (bicyclic) bond motifs is 1. The van der Waals surface area contributed by atoms with Gasteiger partial charge in [0, 0.05) is 30.8 Å². The van der Waals surface area contributed by atoms with Gasteiger partial charge in [0.25, 0.3) is 0 Å². The first-order valence-corrected chi connectivity index (χ1v) is 8.43. The molecule has 0 radical (unpaired) electrons. The Hall–Kier alpha value is -2.37. The van der Waals surface area contributed by atoms with Crippen LogP contribution in [0, 0.1) is 5.82 Å². The first kappa shape index (κ1) is 17.5. The van der Waals surface area contributed by atoms with Gasteiger partial charge < -0.3 is 19.8 Å². The molecule has 0 fully saturated rings. The quantitative estimate of drug-likeness (QED) is 0.583. The zero-order valence-corrected chi connectivity index (χ0v) is 14.3. The van der Waals surface area contributed by atoms with E-state index in [1.165, 1.54) is 23.3 Å². The summed E-state index contributed by atoms with van der Waals surface area (Å²) in [6, 6.07) is 12.9. The first-order chi connectivity index (χ1) is 12.3. The third-order valence-corrected chi connectivity index (χ3v) is 4.08. The summed E-state index contributed by atoms with van der Waals surface area (Å²) in [5, 5.41) is 4.52. The molecular formula is C20H23FN2O2. The van der Waals surface area contributed by atoms with Gasteiger partial charge in [-0.3, -0.25) is 0 Å². The summed E-state index contributed by atoms with van der Waals surface area (Å²) in [6.45, 7) is 2.75. The van der Waals surface area contributed by atoms with E-state index < -0.39 is 0 Å². The second-order valence-electron chi connectivity index (χ2n) is 5.92. The summed E-state index contributed by atoms with van der Waals surface area (Å²) in [5.41, 5.74) is 3.21. The average Bonchev–Trinajstić information content (AvgIpc) is 3.01. The zero-order chi connectivity index (χ0) is 17.5. The Morgan fingerprint density at radius 2 is 2.04 bits per heavy atom. The highest BCUT2D eigenvalue weighted by Gasteiger charge is 2.04. The lowest BCUT2D eigenvalue weighted by Gasteiger charge is -2.08. The molecule has 1 aromatic heterocycles. The molecule has 0 aliphatic carbocycles. The van der Waals surface area contributed by atoms with Crippen molar-refractivity contribution in [2.24, 2.45) is 0 Å². The number of H-pyrrole nitrogens is 1. The van der Waals surface area contributed by atoms with Gasteiger partial charge in [-0.1, -0.05) is 12.1 Å². The van der Waals surface area contributed by atoms with Crippen molar-refractivity contribution in [2.75, 3.05) is 26.9 Å². The Labute approximate surface area is 147 Å². The Bertz CT molecular complexity index is 816. The van der Waals surface area contributed by atoms with Crippen LogP contribution in [-0.4, -0.2) is 31.9 Å². The minimum absolute atomic E-state index is 0.216. The fourth-order valence-corrected chi connectivity index (χ4v) is 2.81. The van der Waals surface area contributed by atoms with E-state index in [0.717, 1.165) is 36.2 Å². The number of benzene rings is 2. The molecular weight excluding hydrogens is 319 g/mol. The highest BCUT2D eigenvalue weighted by molar-refractivity contribution is 5.83. The second kappa shape index (κ2) is 8.65. The van der Waals surface area contributed by atoms with Crippen LogP contribution in [0.25, 0.3) is 10.9 Å². The average molecular weight is 342 g/mol. The molecule has 0 aliphatic rings. The van der Waals surface area contributed by atoms with Gasteiger partial charge in [0.1, 0.15) is 18.2 Å². The van der Waals surface area contributed by atoms with E-state index in [-0.39, 0.29) is 5.82 Å². The number of aromatic amines is 1. The molecule has 0 aliphatic heterocycles. The summed E-state index contributed by atoms with van der Waals surface area (Å²) in [7, 11) is 1.66. The van der Waals surface area contributed by atoms with Crippen LogP contribution < -0.4 is 10.1 Å². The monoisotopic (exact) mass is 342 g/mol. The largest absolute Gasteiger partial charge is 0.491 e. The van der Waals surface area contributed by atoms with E-state index in [1.807, 2.05) is 30.5 Å². The van der Waals surface area contributed by atoms with E-state index in [1.54, 1.807) is 7.11 Å². The summed E-state index contributed by atoms with van der Waals surface area (Å²) in [4.78, 5) is 3.12. The number of aromatic nitrogens is 1. The number of hydrogen-bond acceptors (Lipinski definition) is 3. The lowest BCUT2D eigenvalue weighted by Crippen LogP contribution is -2.16. The minimum atomic E-state index is -0.216. The van der Waals surface area contributed by atoms with E-state index >= 15 is 0 Å². The lowest BCUT2D eigenvalue weighted by atomic mass is 10.1. The van der Waals surface area contributed by atoms with Gasteiger partial charge in [0.15, 0.2) is 0 Å². The van der Waals surface area contributed by atoms with Crippen molar-refractivity contribution in [3.8, 4) is 5.75 Å². The molecule has 3 rings (SSSR count). The molecule has 0 amide bonds. The SMILES string of the molecule is COCCOc1cccc(CNCCc2c[nH]c3cc(F)ccc23)c1. The third-order valence-electron chi connectivity index (χ3n) is 4.08. The minimum Gasteiger partial charge on any atom is -0.491 e. The molecule has 0 saturated heterocycles. The highest BCUT2D eigenvalue weighted by Crippen LogP contribution is 2.19. The Kier molecular flexibility index (Phi) is 6.04. The fourth-order valence-electron chi connectivity index (χ4n) is 2.81.